The van der Waals surface area contributed by atoms with Gasteiger partial charge in [0.2, 0.25) is 0 Å². The molecule has 0 saturated carbocycles. The van der Waals surface area contributed by atoms with Crippen LogP contribution in [0.5, 0.6) is 0 Å². The van der Waals surface area contributed by atoms with Crippen LogP contribution >= 0.6 is 23.5 Å². The van der Waals surface area contributed by atoms with E-state index in [1.165, 1.54) is 37.7 Å². The zero-order chi connectivity index (χ0) is 16.0. The molecule has 6 nitrogen and oxygen atoms in total. The van der Waals surface area contributed by atoms with Crippen LogP contribution < -0.4 is 5.73 Å². The van der Waals surface area contributed by atoms with Crippen molar-refractivity contribution in [2.45, 2.75) is 13.8 Å². The van der Waals surface area contributed by atoms with Crippen molar-refractivity contribution < 1.29 is 19.1 Å². The highest BCUT2D eigenvalue weighted by Gasteiger charge is 2.31. The Morgan fingerprint density at radius 3 is 2.52 bits per heavy atom. The number of thioether (sulfide) groups is 2. The Bertz CT molecular complexity index is 538. The maximum absolute atomic E-state index is 11.7. The molecule has 1 rings (SSSR count). The first-order chi connectivity index (χ1) is 9.96. The Balaban J connectivity index is 3.13. The monoisotopic (exact) mass is 330 g/mol. The number of hydrogen-bond donors (Lipinski definition) is 1. The van der Waals surface area contributed by atoms with Crippen LogP contribution in [0.25, 0.3) is 0 Å². The highest BCUT2D eigenvalue weighted by Crippen LogP contribution is 2.40. The molecule has 2 N–H and O–H groups in total. The van der Waals surface area contributed by atoms with Crippen LogP contribution in [0.1, 0.15) is 13.8 Å². The van der Waals surface area contributed by atoms with Crippen LogP contribution in [0.3, 0.4) is 0 Å². The van der Waals surface area contributed by atoms with Gasteiger partial charge in [0.15, 0.2) is 0 Å². The minimum atomic E-state index is -0.484. The molecule has 1 aliphatic rings. The number of hydrogen-bond acceptors (Lipinski definition) is 8. The van der Waals surface area contributed by atoms with E-state index in [9.17, 15) is 9.59 Å². The molecule has 116 valence electrons. The first-order valence-corrected chi connectivity index (χ1v) is 7.98. The molecular formula is C13H18N2O4S2. The number of carbonyl (C=O) groups is 2. The number of nitrogens with two attached hydrogens (primary N) is 1. The van der Waals surface area contributed by atoms with E-state index in [0.29, 0.717) is 27.8 Å². The predicted molar refractivity (Wildman–Crippen MR) is 86.0 cm³/mol. The summed E-state index contributed by atoms with van der Waals surface area (Å²) in [5.41, 5.74) is 7.08. The number of methoxy groups -OCH3 is 2. The number of nitrogens with zero attached hydrogens (tertiary/aromatic N) is 1. The average Bonchev–Trinajstić information content (AvgIpc) is 2.80. The Hall–Kier alpha value is -1.41. The molecule has 0 amide bonds. The van der Waals surface area contributed by atoms with Gasteiger partial charge in [0.25, 0.3) is 0 Å². The van der Waals surface area contributed by atoms with Crippen LogP contribution in [0, 0.1) is 0 Å². The normalized spacial score (nSPS) is 19.0. The third kappa shape index (κ3) is 4.28. The molecule has 0 aromatic heterocycles. The fourth-order valence-corrected chi connectivity index (χ4v) is 3.57. The van der Waals surface area contributed by atoms with E-state index < -0.39 is 5.97 Å². The van der Waals surface area contributed by atoms with Gasteiger partial charge >= 0.3 is 11.9 Å². The molecule has 1 aliphatic heterocycles. The highest BCUT2D eigenvalue weighted by molar-refractivity contribution is 8.19. The van der Waals surface area contributed by atoms with Crippen LogP contribution in [0.15, 0.2) is 26.1 Å². The van der Waals surface area contributed by atoms with Crippen LogP contribution in [0.2, 0.25) is 0 Å². The van der Waals surface area contributed by atoms with Gasteiger partial charge in [-0.2, -0.15) is 0 Å². The zero-order valence-electron chi connectivity index (χ0n) is 12.4. The Morgan fingerprint density at radius 2 is 2.00 bits per heavy atom. The van der Waals surface area contributed by atoms with Gasteiger partial charge in [-0.3, -0.25) is 9.79 Å². The first kappa shape index (κ1) is 17.6. The second kappa shape index (κ2) is 8.14. The molecule has 1 heterocycles. The third-order valence-electron chi connectivity index (χ3n) is 2.59. The van der Waals surface area contributed by atoms with E-state index in [4.69, 9.17) is 10.5 Å². The quantitative estimate of drug-likeness (QED) is 0.767. The maximum Gasteiger partial charge on any atom is 0.346 e. The fourth-order valence-electron chi connectivity index (χ4n) is 1.57. The van der Waals surface area contributed by atoms with Gasteiger partial charge < -0.3 is 15.2 Å². The van der Waals surface area contributed by atoms with Crippen molar-refractivity contribution in [3.8, 4) is 0 Å². The summed E-state index contributed by atoms with van der Waals surface area (Å²) >= 11 is 2.50. The molecule has 0 radical (unpaired) electrons. The van der Waals surface area contributed by atoms with Crippen LogP contribution in [-0.2, 0) is 19.1 Å². The van der Waals surface area contributed by atoms with Crippen molar-refractivity contribution in [2.24, 2.45) is 10.7 Å². The molecule has 0 spiro atoms. The van der Waals surface area contributed by atoms with Crippen molar-refractivity contribution in [2.75, 3.05) is 26.5 Å². The molecule has 0 aromatic carbocycles. The molecule has 0 fully saturated rings. The number of ether oxygens (including phenoxy) is 2. The fraction of sp³-hybridized carbons (Fsp3) is 0.462. The first-order valence-electron chi connectivity index (χ1n) is 6.17. The Labute approximate surface area is 132 Å². The summed E-state index contributed by atoms with van der Waals surface area (Å²) in [6.07, 6.45) is 0. The van der Waals surface area contributed by atoms with E-state index in [1.807, 2.05) is 13.8 Å². The maximum atomic E-state index is 11.7. The number of esters is 2. The largest absolute Gasteiger partial charge is 0.468 e. The van der Waals surface area contributed by atoms with E-state index in [2.05, 4.69) is 9.73 Å². The van der Waals surface area contributed by atoms with Crippen LogP contribution in [0.4, 0.5) is 0 Å². The van der Waals surface area contributed by atoms with Gasteiger partial charge in [-0.05, 0) is 18.8 Å². The molecule has 0 saturated heterocycles. The predicted octanol–water partition coefficient (Wildman–Crippen LogP) is 1.68. The summed E-state index contributed by atoms with van der Waals surface area (Å²) in [5, 5.41) is 0.672. The van der Waals surface area contributed by atoms with Crippen molar-refractivity contribution in [1.82, 2.24) is 0 Å². The minimum absolute atomic E-state index is 0.177. The van der Waals surface area contributed by atoms with E-state index in [0.717, 1.165) is 4.91 Å². The molecule has 0 aromatic rings. The molecule has 21 heavy (non-hydrogen) atoms. The molecule has 0 bridgehead atoms. The number of carbonyl (C=O) groups excluding carboxylic acids is 2. The lowest BCUT2D eigenvalue weighted by molar-refractivity contribution is -0.137. The van der Waals surface area contributed by atoms with E-state index in [1.54, 1.807) is 0 Å². The number of allylic oxidation sites excluding steroid dienone is 2. The van der Waals surface area contributed by atoms with E-state index in [-0.39, 0.29) is 11.7 Å². The summed E-state index contributed by atoms with van der Waals surface area (Å²) in [4.78, 5) is 28.4. The Morgan fingerprint density at radius 1 is 1.33 bits per heavy atom. The molecule has 0 aliphatic carbocycles. The highest BCUT2D eigenvalue weighted by atomic mass is 32.2. The molecule has 0 atom stereocenters. The van der Waals surface area contributed by atoms with Crippen molar-refractivity contribution in [3.05, 3.63) is 21.1 Å². The number of rotatable bonds is 5. The van der Waals surface area contributed by atoms with Crippen molar-refractivity contribution in [1.29, 1.82) is 0 Å². The topological polar surface area (TPSA) is 91.0 Å². The van der Waals surface area contributed by atoms with Gasteiger partial charge in [-0.1, -0.05) is 11.8 Å². The number of aliphatic imine (C=N–C) groups is 1. The summed E-state index contributed by atoms with van der Waals surface area (Å²) in [6.45, 7) is 4.30. The van der Waals surface area contributed by atoms with Crippen molar-refractivity contribution in [3.63, 3.8) is 0 Å². The van der Waals surface area contributed by atoms with Gasteiger partial charge in [-0.15, -0.1) is 11.8 Å². The second-order valence-corrected chi connectivity index (χ2v) is 6.10. The summed E-state index contributed by atoms with van der Waals surface area (Å²) < 4.78 is 9.32. The van der Waals surface area contributed by atoms with Gasteiger partial charge in [0.05, 0.1) is 25.7 Å². The average molecular weight is 330 g/mol. The zero-order valence-corrected chi connectivity index (χ0v) is 14.0. The summed E-state index contributed by atoms with van der Waals surface area (Å²) in [6, 6.07) is 0. The van der Waals surface area contributed by atoms with Gasteiger partial charge in [0, 0.05) is 12.1 Å². The lowest BCUT2D eigenvalue weighted by Gasteiger charge is -2.07. The van der Waals surface area contributed by atoms with Gasteiger partial charge in [0.1, 0.15) is 9.95 Å². The molecular weight excluding hydrogens is 312 g/mol. The van der Waals surface area contributed by atoms with Crippen molar-refractivity contribution >= 4 is 40.5 Å². The standard InChI is InChI=1S/C13H18N2O4S2/c1-5-15-12-9(7(2)20-6-8(16)18-3)10(14)11(21-12)13(17)19-4/h5-6,14H2,1-4H3/b9-7+,15-12+. The van der Waals surface area contributed by atoms with E-state index >= 15 is 0 Å². The minimum Gasteiger partial charge on any atom is -0.468 e. The smallest absolute Gasteiger partial charge is 0.346 e. The molecule has 0 unspecified atom stereocenters. The third-order valence-corrected chi connectivity index (χ3v) is 4.72. The Kier molecular flexibility index (Phi) is 6.83. The molecule has 8 heteroatoms. The SMILES string of the molecule is CC/N=C1/SC(C(=O)OC)=C(N)/C1=C(/C)SCC(=O)OC. The van der Waals surface area contributed by atoms with Gasteiger partial charge in [-0.25, -0.2) is 4.79 Å². The lowest BCUT2D eigenvalue weighted by Crippen LogP contribution is -2.09. The summed E-state index contributed by atoms with van der Waals surface area (Å²) in [5.74, 6) is -0.631. The van der Waals surface area contributed by atoms with Crippen LogP contribution in [-0.4, -0.2) is 43.5 Å². The summed E-state index contributed by atoms with van der Waals surface area (Å²) in [7, 11) is 2.64. The second-order valence-electron chi connectivity index (χ2n) is 3.91. The lowest BCUT2D eigenvalue weighted by atomic mass is 10.2.